The molecule has 3 aromatic carbocycles. The minimum Gasteiger partial charge on any atom is -0.480 e. The van der Waals surface area contributed by atoms with Crippen LogP contribution in [0.25, 0.3) is 10.9 Å². The summed E-state index contributed by atoms with van der Waals surface area (Å²) in [6.07, 6.45) is 4.62. The molecule has 260 valence electrons. The Bertz CT molecular complexity index is 2220. The molecule has 15 nitrogen and oxygen atoms in total. The number of carboxylic acid groups (broad SMARTS) is 1. The quantitative estimate of drug-likeness (QED) is 0.0847. The third kappa shape index (κ3) is 8.65. The van der Waals surface area contributed by atoms with Gasteiger partial charge >= 0.3 is 5.97 Å². The average Bonchev–Trinajstić information content (AvgIpc) is 3.04. The lowest BCUT2D eigenvalue weighted by molar-refractivity contribution is -0.385. The van der Waals surface area contributed by atoms with Gasteiger partial charge in [0, 0.05) is 25.1 Å². The van der Waals surface area contributed by atoms with Crippen LogP contribution in [0.5, 0.6) is 0 Å². The number of H-pyrrole nitrogens is 1. The number of nitro groups is 1. The minimum atomic E-state index is -4.46. The molecular weight excluding hydrogens is 675 g/mol. The van der Waals surface area contributed by atoms with E-state index in [4.69, 9.17) is 6.42 Å². The fourth-order valence-corrected chi connectivity index (χ4v) is 6.21. The monoisotopic (exact) mass is 706 g/mol. The van der Waals surface area contributed by atoms with Crippen LogP contribution in [0, 0.1) is 42.1 Å². The summed E-state index contributed by atoms with van der Waals surface area (Å²) in [5.74, 6) is -1.41. The van der Waals surface area contributed by atoms with E-state index in [2.05, 4.69) is 21.2 Å². The van der Waals surface area contributed by atoms with E-state index in [-0.39, 0.29) is 42.7 Å². The molecule has 4 rings (SSSR count). The average molecular weight is 707 g/mol. The maximum absolute atomic E-state index is 15.5. The number of amides is 2. The molecule has 1 aromatic heterocycles. The summed E-state index contributed by atoms with van der Waals surface area (Å²) in [6.45, 7) is 3.22. The maximum Gasteiger partial charge on any atom is 0.326 e. The van der Waals surface area contributed by atoms with Gasteiger partial charge in [-0.25, -0.2) is 27.3 Å². The lowest BCUT2D eigenvalue weighted by atomic mass is 10.0. The first-order valence-corrected chi connectivity index (χ1v) is 16.4. The second-order valence-electron chi connectivity index (χ2n) is 11.2. The predicted molar refractivity (Wildman–Crippen MR) is 179 cm³/mol. The molecule has 0 bridgehead atoms. The summed E-state index contributed by atoms with van der Waals surface area (Å²) < 4.78 is 42.3. The van der Waals surface area contributed by atoms with Crippen molar-refractivity contribution in [3.8, 4) is 12.3 Å². The summed E-state index contributed by atoms with van der Waals surface area (Å²) in [7, 11) is -4.46. The SMILES string of the molecule is C#CCN(Cc1cc2c(=O)[nH]c(C)nc2cc1C)c1c(F)cccc1C(=O)NC(CCCC(=O)NS(=O)(=O)c1cccc([N+](=O)[O-])c1)C(=O)O. The molecule has 0 aliphatic rings. The van der Waals surface area contributed by atoms with Gasteiger partial charge in [0.05, 0.1) is 38.5 Å². The van der Waals surface area contributed by atoms with Crippen molar-refractivity contribution in [2.24, 2.45) is 0 Å². The number of fused-ring (bicyclic) bond motifs is 1. The Balaban J connectivity index is 1.49. The number of nitrogens with one attached hydrogen (secondary N) is 3. The molecule has 1 heterocycles. The molecule has 0 radical (unpaired) electrons. The summed E-state index contributed by atoms with van der Waals surface area (Å²) in [6, 6.07) is 9.45. The fraction of sp³-hybridized carbons (Fsp3) is 0.242. The molecule has 1 atom stereocenters. The van der Waals surface area contributed by atoms with Crippen LogP contribution >= 0.6 is 0 Å². The van der Waals surface area contributed by atoms with Gasteiger partial charge in [0.1, 0.15) is 17.7 Å². The molecule has 17 heteroatoms. The Morgan fingerprint density at radius 2 is 1.88 bits per heavy atom. The molecule has 0 fully saturated rings. The highest BCUT2D eigenvalue weighted by molar-refractivity contribution is 7.90. The third-order valence-corrected chi connectivity index (χ3v) is 8.93. The number of aromatic nitrogens is 2. The number of hydrogen-bond donors (Lipinski definition) is 4. The zero-order valence-corrected chi connectivity index (χ0v) is 27.5. The number of anilines is 1. The molecule has 0 saturated carbocycles. The zero-order chi connectivity index (χ0) is 36.7. The van der Waals surface area contributed by atoms with Gasteiger partial charge in [0.25, 0.3) is 27.2 Å². The maximum atomic E-state index is 15.5. The van der Waals surface area contributed by atoms with Gasteiger partial charge in [-0.15, -0.1) is 6.42 Å². The Morgan fingerprint density at radius 3 is 2.56 bits per heavy atom. The van der Waals surface area contributed by atoms with Crippen molar-refractivity contribution >= 4 is 50.1 Å². The molecule has 0 aliphatic heterocycles. The first-order valence-electron chi connectivity index (χ1n) is 14.9. The van der Waals surface area contributed by atoms with Gasteiger partial charge in [-0.3, -0.25) is 24.5 Å². The second kappa shape index (κ2) is 15.4. The van der Waals surface area contributed by atoms with Crippen LogP contribution in [0.15, 0.2) is 64.3 Å². The van der Waals surface area contributed by atoms with Gasteiger partial charge in [-0.05, 0) is 68.1 Å². The molecule has 2 amide bonds. The van der Waals surface area contributed by atoms with Gasteiger partial charge in [-0.2, -0.15) is 0 Å². The van der Waals surface area contributed by atoms with E-state index in [0.717, 1.165) is 30.3 Å². The molecule has 0 saturated heterocycles. The van der Waals surface area contributed by atoms with Crippen LogP contribution in [0.2, 0.25) is 0 Å². The van der Waals surface area contributed by atoms with E-state index in [9.17, 15) is 42.8 Å². The highest BCUT2D eigenvalue weighted by atomic mass is 32.2. The van der Waals surface area contributed by atoms with Crippen LogP contribution < -0.4 is 20.5 Å². The normalized spacial score (nSPS) is 11.7. The predicted octanol–water partition coefficient (Wildman–Crippen LogP) is 3.09. The van der Waals surface area contributed by atoms with Crippen LogP contribution in [-0.4, -0.2) is 58.8 Å². The number of nitrogens with zero attached hydrogens (tertiary/aromatic N) is 3. The summed E-state index contributed by atoms with van der Waals surface area (Å²) >= 11 is 0. The lowest BCUT2D eigenvalue weighted by Gasteiger charge is -2.27. The van der Waals surface area contributed by atoms with E-state index in [1.807, 2.05) is 0 Å². The fourth-order valence-electron chi connectivity index (χ4n) is 5.16. The molecule has 0 spiro atoms. The number of rotatable bonds is 14. The number of carbonyl (C=O) groups is 3. The van der Waals surface area contributed by atoms with Crippen LogP contribution in [-0.2, 0) is 26.2 Å². The Hall–Kier alpha value is -6.15. The van der Waals surface area contributed by atoms with E-state index in [1.54, 1.807) is 30.7 Å². The molecule has 0 aliphatic carbocycles. The van der Waals surface area contributed by atoms with Crippen molar-refractivity contribution in [2.75, 3.05) is 11.4 Å². The summed E-state index contributed by atoms with van der Waals surface area (Å²) in [5, 5.41) is 23.4. The number of carboxylic acids is 1. The van der Waals surface area contributed by atoms with Crippen molar-refractivity contribution in [2.45, 2.75) is 50.6 Å². The van der Waals surface area contributed by atoms with E-state index in [1.165, 1.54) is 17.0 Å². The topological polar surface area (TPSA) is 222 Å². The van der Waals surface area contributed by atoms with Crippen molar-refractivity contribution in [1.29, 1.82) is 0 Å². The van der Waals surface area contributed by atoms with Gasteiger partial charge in [-0.1, -0.05) is 18.1 Å². The minimum absolute atomic E-state index is 0.0305. The number of sulfonamides is 1. The highest BCUT2D eigenvalue weighted by Gasteiger charge is 2.27. The molecule has 4 aromatic rings. The zero-order valence-electron chi connectivity index (χ0n) is 26.7. The van der Waals surface area contributed by atoms with Gasteiger partial charge in [0.15, 0.2) is 0 Å². The summed E-state index contributed by atoms with van der Waals surface area (Å²) in [4.78, 5) is 68.5. The van der Waals surface area contributed by atoms with Crippen LogP contribution in [0.4, 0.5) is 15.8 Å². The number of benzene rings is 3. The van der Waals surface area contributed by atoms with Gasteiger partial charge in [0.2, 0.25) is 5.91 Å². The lowest BCUT2D eigenvalue weighted by Crippen LogP contribution is -2.41. The smallest absolute Gasteiger partial charge is 0.326 e. The highest BCUT2D eigenvalue weighted by Crippen LogP contribution is 2.28. The number of aryl methyl sites for hydroxylation is 2. The number of aromatic amines is 1. The number of hydrogen-bond acceptors (Lipinski definition) is 10. The van der Waals surface area contributed by atoms with E-state index >= 15 is 4.39 Å². The van der Waals surface area contributed by atoms with E-state index < -0.39 is 61.6 Å². The largest absolute Gasteiger partial charge is 0.480 e. The first kappa shape index (κ1) is 36.7. The molecule has 4 N–H and O–H groups in total. The molecule has 1 unspecified atom stereocenters. The standard InChI is InChI=1S/C33H31FN6O9S/c1-4-14-39(18-21-16-25-28(15-19(21)2)35-20(3)36-32(25)43)30-24(10-6-11-26(30)34)31(42)37-27(33(44)45)12-7-13-29(41)38-50(48,49)23-9-5-8-22(17-23)40(46)47/h1,5-6,8-11,15-17,27H,7,12-14,18H2,2-3H3,(H,37,42)(H,38,41)(H,44,45)(H,35,36,43). The Kier molecular flexibility index (Phi) is 11.3. The number of non-ortho nitro benzene ring substituents is 1. The number of para-hydroxylation sites is 1. The number of aliphatic carboxylic acids is 1. The molecular formula is C33H31FN6O9S. The first-order chi connectivity index (χ1) is 23.6. The Labute approximate surface area is 284 Å². The van der Waals surface area contributed by atoms with E-state index in [0.29, 0.717) is 27.9 Å². The summed E-state index contributed by atoms with van der Waals surface area (Å²) in [5.41, 5.74) is 0.444. The Morgan fingerprint density at radius 1 is 1.16 bits per heavy atom. The molecule has 50 heavy (non-hydrogen) atoms. The number of nitro benzene ring substituents is 1. The van der Waals surface area contributed by atoms with Crippen molar-refractivity contribution in [3.63, 3.8) is 0 Å². The number of carbonyl (C=O) groups excluding carboxylic acids is 2. The van der Waals surface area contributed by atoms with Crippen molar-refractivity contribution in [3.05, 3.63) is 103 Å². The van der Waals surface area contributed by atoms with Gasteiger partial charge < -0.3 is 20.3 Å². The van der Waals surface area contributed by atoms with Crippen LogP contribution in [0.1, 0.15) is 46.6 Å². The van der Waals surface area contributed by atoms with Crippen LogP contribution in [0.3, 0.4) is 0 Å². The second-order valence-corrected chi connectivity index (χ2v) is 12.9. The number of halogens is 1. The number of terminal acetylenes is 1. The van der Waals surface area contributed by atoms with Crippen molar-refractivity contribution in [1.82, 2.24) is 20.0 Å². The van der Waals surface area contributed by atoms with Crippen molar-refractivity contribution < 1.29 is 37.2 Å². The third-order valence-electron chi connectivity index (χ3n) is 7.56.